The molecular formula is C12H15BrN2O2. The van der Waals surface area contributed by atoms with Gasteiger partial charge in [-0.2, -0.15) is 0 Å². The summed E-state index contributed by atoms with van der Waals surface area (Å²) in [4.78, 5) is 22.8. The van der Waals surface area contributed by atoms with E-state index in [4.69, 9.17) is 0 Å². The molecule has 5 heteroatoms. The van der Waals surface area contributed by atoms with Crippen molar-refractivity contribution in [1.29, 1.82) is 0 Å². The molecule has 0 saturated carbocycles. The van der Waals surface area contributed by atoms with E-state index in [-0.39, 0.29) is 16.6 Å². The lowest BCUT2D eigenvalue weighted by Gasteiger charge is -2.10. The van der Waals surface area contributed by atoms with Gasteiger partial charge >= 0.3 is 0 Å². The van der Waals surface area contributed by atoms with Gasteiger partial charge in [0.2, 0.25) is 0 Å². The first kappa shape index (κ1) is 13.7. The summed E-state index contributed by atoms with van der Waals surface area (Å²) >= 11 is 3.25. The Labute approximate surface area is 109 Å². The van der Waals surface area contributed by atoms with Crippen molar-refractivity contribution in [3.63, 3.8) is 0 Å². The predicted octanol–water partition coefficient (Wildman–Crippen LogP) is 2.01. The maximum absolute atomic E-state index is 11.6. The van der Waals surface area contributed by atoms with Gasteiger partial charge in [0.25, 0.3) is 11.8 Å². The van der Waals surface area contributed by atoms with Crippen LogP contribution in [0.5, 0.6) is 0 Å². The molecule has 0 aliphatic heterocycles. The molecule has 92 valence electrons. The highest BCUT2D eigenvalue weighted by atomic mass is 79.9. The molecule has 0 aliphatic carbocycles. The number of halogens is 1. The molecule has 2 N–H and O–H groups in total. The molecular weight excluding hydrogens is 284 g/mol. The van der Waals surface area contributed by atoms with Crippen molar-refractivity contribution >= 4 is 27.7 Å². The molecule has 0 spiro atoms. The summed E-state index contributed by atoms with van der Waals surface area (Å²) in [5.74, 6) is -0.564. The van der Waals surface area contributed by atoms with Crippen LogP contribution in [0.1, 0.15) is 30.1 Å². The molecule has 0 aromatic heterocycles. The highest BCUT2D eigenvalue weighted by molar-refractivity contribution is 9.10. The maximum atomic E-state index is 11.6. The van der Waals surface area contributed by atoms with Crippen molar-refractivity contribution in [3.8, 4) is 0 Å². The van der Waals surface area contributed by atoms with E-state index in [1.807, 2.05) is 13.0 Å². The Balaban J connectivity index is 2.41. The number of hydrogen-bond acceptors (Lipinski definition) is 2. The van der Waals surface area contributed by atoms with E-state index in [1.54, 1.807) is 24.3 Å². The van der Waals surface area contributed by atoms with Crippen LogP contribution >= 0.6 is 15.9 Å². The lowest BCUT2D eigenvalue weighted by molar-refractivity contribution is -0.121. The lowest BCUT2D eigenvalue weighted by atomic mass is 10.2. The second kappa shape index (κ2) is 7.06. The molecule has 17 heavy (non-hydrogen) atoms. The molecule has 0 radical (unpaired) electrons. The van der Waals surface area contributed by atoms with Crippen LogP contribution in [0, 0.1) is 0 Å². The van der Waals surface area contributed by atoms with Gasteiger partial charge in [-0.15, -0.1) is 0 Å². The standard InChI is InChI=1S/C12H15BrN2O2/c1-2-6-10(13)12(17)15-14-11(16)9-7-4-3-5-8-9/h3-5,7-8,10H,2,6H2,1H3,(H,14,16)(H,15,17)/t10-/m1/s1. The van der Waals surface area contributed by atoms with Gasteiger partial charge in [0, 0.05) is 5.56 Å². The normalized spacial score (nSPS) is 11.6. The summed E-state index contributed by atoms with van der Waals surface area (Å²) in [5.41, 5.74) is 5.26. The molecule has 1 aromatic carbocycles. The van der Waals surface area contributed by atoms with Crippen LogP contribution in [0.3, 0.4) is 0 Å². The number of amides is 2. The topological polar surface area (TPSA) is 58.2 Å². The van der Waals surface area contributed by atoms with Crippen LogP contribution in [0.25, 0.3) is 0 Å². The number of carbonyl (C=O) groups is 2. The molecule has 0 saturated heterocycles. The summed E-state index contributed by atoms with van der Waals surface area (Å²) in [6.45, 7) is 1.99. The number of hydrogen-bond donors (Lipinski definition) is 2. The molecule has 1 rings (SSSR count). The average Bonchev–Trinajstić information content (AvgIpc) is 2.36. The number of nitrogens with one attached hydrogen (secondary N) is 2. The molecule has 1 atom stereocenters. The minimum absolute atomic E-state index is 0.240. The fraction of sp³-hybridized carbons (Fsp3) is 0.333. The third kappa shape index (κ3) is 4.56. The number of alkyl halides is 1. The first-order valence-electron chi connectivity index (χ1n) is 5.44. The molecule has 4 nitrogen and oxygen atoms in total. The van der Waals surface area contributed by atoms with Gasteiger partial charge in [0.05, 0.1) is 4.83 Å². The third-order valence-corrected chi connectivity index (χ3v) is 3.04. The summed E-state index contributed by atoms with van der Waals surface area (Å²) in [5, 5.41) is 0. The zero-order valence-corrected chi connectivity index (χ0v) is 11.2. The van der Waals surface area contributed by atoms with Crippen LogP contribution in [-0.4, -0.2) is 16.6 Å². The van der Waals surface area contributed by atoms with E-state index in [9.17, 15) is 9.59 Å². The van der Waals surface area contributed by atoms with Gasteiger partial charge in [-0.25, -0.2) is 0 Å². The van der Waals surface area contributed by atoms with Crippen molar-refractivity contribution < 1.29 is 9.59 Å². The SMILES string of the molecule is CCC[C@@H](Br)C(=O)NNC(=O)c1ccccc1. The Morgan fingerprint density at radius 2 is 1.88 bits per heavy atom. The van der Waals surface area contributed by atoms with Crippen molar-refractivity contribution in [2.75, 3.05) is 0 Å². The molecule has 2 amide bonds. The minimum atomic E-state index is -0.324. The van der Waals surface area contributed by atoms with Crippen molar-refractivity contribution in [2.45, 2.75) is 24.6 Å². The highest BCUT2D eigenvalue weighted by Crippen LogP contribution is 2.07. The number of rotatable bonds is 4. The Bertz CT molecular complexity index is 381. The summed E-state index contributed by atoms with van der Waals surface area (Å²) < 4.78 is 0. The fourth-order valence-electron chi connectivity index (χ4n) is 1.24. The molecule has 0 unspecified atom stereocenters. The van der Waals surface area contributed by atoms with Crippen molar-refractivity contribution in [2.24, 2.45) is 0 Å². The van der Waals surface area contributed by atoms with Crippen LogP contribution in [0.2, 0.25) is 0 Å². The van der Waals surface area contributed by atoms with Crippen molar-refractivity contribution in [1.82, 2.24) is 10.9 Å². The van der Waals surface area contributed by atoms with Crippen LogP contribution in [0.4, 0.5) is 0 Å². The van der Waals surface area contributed by atoms with Gasteiger partial charge in [0.1, 0.15) is 0 Å². The summed E-state index contributed by atoms with van der Waals surface area (Å²) in [7, 11) is 0. The van der Waals surface area contributed by atoms with Crippen LogP contribution in [0.15, 0.2) is 30.3 Å². The van der Waals surface area contributed by atoms with Gasteiger partial charge in [-0.05, 0) is 18.6 Å². The van der Waals surface area contributed by atoms with Gasteiger partial charge < -0.3 is 0 Å². The fourth-order valence-corrected chi connectivity index (χ4v) is 1.82. The van der Waals surface area contributed by atoms with E-state index in [0.717, 1.165) is 12.8 Å². The monoisotopic (exact) mass is 298 g/mol. The van der Waals surface area contributed by atoms with Crippen molar-refractivity contribution in [3.05, 3.63) is 35.9 Å². The average molecular weight is 299 g/mol. The van der Waals surface area contributed by atoms with E-state index >= 15 is 0 Å². The Hall–Kier alpha value is -1.36. The van der Waals surface area contributed by atoms with Gasteiger partial charge in [-0.1, -0.05) is 47.5 Å². The molecule has 0 aliphatic rings. The van der Waals surface area contributed by atoms with Gasteiger partial charge in [0.15, 0.2) is 0 Å². The Kier molecular flexibility index (Phi) is 5.69. The summed E-state index contributed by atoms with van der Waals surface area (Å²) in [6.07, 6.45) is 1.63. The lowest BCUT2D eigenvalue weighted by Crippen LogP contribution is -2.44. The highest BCUT2D eigenvalue weighted by Gasteiger charge is 2.14. The molecule has 1 aromatic rings. The van der Waals surface area contributed by atoms with Crippen LogP contribution < -0.4 is 10.9 Å². The largest absolute Gasteiger partial charge is 0.272 e. The van der Waals surface area contributed by atoms with E-state index in [0.29, 0.717) is 5.56 Å². The quantitative estimate of drug-likeness (QED) is 0.660. The predicted molar refractivity (Wildman–Crippen MR) is 69.7 cm³/mol. The first-order chi connectivity index (χ1) is 8.15. The second-order valence-corrected chi connectivity index (χ2v) is 4.67. The maximum Gasteiger partial charge on any atom is 0.269 e. The number of benzene rings is 1. The van der Waals surface area contributed by atoms with E-state index < -0.39 is 0 Å². The zero-order chi connectivity index (χ0) is 12.7. The number of carbonyl (C=O) groups excluding carboxylic acids is 2. The van der Waals surface area contributed by atoms with Gasteiger partial charge in [-0.3, -0.25) is 20.4 Å². The Morgan fingerprint density at radius 3 is 2.47 bits per heavy atom. The zero-order valence-electron chi connectivity index (χ0n) is 9.57. The molecule has 0 bridgehead atoms. The minimum Gasteiger partial charge on any atom is -0.272 e. The first-order valence-corrected chi connectivity index (χ1v) is 6.36. The summed E-state index contributed by atoms with van der Waals surface area (Å²) in [6, 6.07) is 8.71. The van der Waals surface area contributed by atoms with E-state index in [2.05, 4.69) is 26.8 Å². The molecule has 0 heterocycles. The number of hydrazine groups is 1. The second-order valence-electron chi connectivity index (χ2n) is 3.57. The Morgan fingerprint density at radius 1 is 1.24 bits per heavy atom. The van der Waals surface area contributed by atoms with Crippen LogP contribution in [-0.2, 0) is 4.79 Å². The van der Waals surface area contributed by atoms with E-state index in [1.165, 1.54) is 0 Å². The smallest absolute Gasteiger partial charge is 0.269 e. The molecule has 0 fully saturated rings. The third-order valence-electron chi connectivity index (χ3n) is 2.16.